The van der Waals surface area contributed by atoms with Crippen LogP contribution in [0.2, 0.25) is 5.02 Å². The van der Waals surface area contributed by atoms with E-state index >= 15 is 0 Å². The molecule has 0 fully saturated rings. The second-order valence-corrected chi connectivity index (χ2v) is 4.39. The van der Waals surface area contributed by atoms with Crippen LogP contribution in [0.4, 0.5) is 10.5 Å². The van der Waals surface area contributed by atoms with Gasteiger partial charge < -0.3 is 20.6 Å². The number of benzene rings is 1. The Labute approximate surface area is 116 Å². The normalized spacial score (nSPS) is 10.1. The van der Waals surface area contributed by atoms with Crippen LogP contribution in [0.3, 0.4) is 0 Å². The molecule has 3 N–H and O–H groups in total. The van der Waals surface area contributed by atoms with Gasteiger partial charge in [0.25, 0.3) is 0 Å². The lowest BCUT2D eigenvalue weighted by atomic mass is 10.2. The minimum atomic E-state index is -1.12. The third-order valence-electron chi connectivity index (χ3n) is 2.50. The molecule has 6 nitrogen and oxygen atoms in total. The molecule has 0 saturated carbocycles. The quantitative estimate of drug-likeness (QED) is 0.769. The average Bonchev–Trinajstić information content (AvgIpc) is 2.35. The number of halogens is 1. The SMILES string of the molecule is CNCCN(C)C(=O)Nc1cc(Cl)ccc1C(=O)O. The van der Waals surface area contributed by atoms with Crippen LogP contribution in [0.1, 0.15) is 10.4 Å². The number of urea groups is 1. The van der Waals surface area contributed by atoms with Gasteiger partial charge in [0.05, 0.1) is 11.3 Å². The zero-order valence-electron chi connectivity index (χ0n) is 10.7. The lowest BCUT2D eigenvalue weighted by Gasteiger charge is -2.18. The summed E-state index contributed by atoms with van der Waals surface area (Å²) in [4.78, 5) is 24.3. The first-order valence-electron chi connectivity index (χ1n) is 5.65. The minimum absolute atomic E-state index is 0.000216. The molecule has 7 heteroatoms. The number of rotatable bonds is 5. The molecular weight excluding hydrogens is 270 g/mol. The molecule has 1 aromatic rings. The largest absolute Gasteiger partial charge is 0.478 e. The number of carboxylic acids is 1. The average molecular weight is 286 g/mol. The summed E-state index contributed by atoms with van der Waals surface area (Å²) in [5.41, 5.74) is 0.182. The van der Waals surface area contributed by atoms with Gasteiger partial charge in [-0.25, -0.2) is 9.59 Å². The van der Waals surface area contributed by atoms with Gasteiger partial charge in [0.1, 0.15) is 0 Å². The van der Waals surface area contributed by atoms with Crippen LogP contribution >= 0.6 is 11.6 Å². The molecule has 0 aliphatic rings. The number of nitrogens with one attached hydrogen (secondary N) is 2. The van der Waals surface area contributed by atoms with Crippen molar-refractivity contribution in [3.63, 3.8) is 0 Å². The standard InChI is InChI=1S/C12H16ClN3O3/c1-14-5-6-16(2)12(19)15-10-7-8(13)3-4-9(10)11(17)18/h3-4,7,14H,5-6H2,1-2H3,(H,15,19)(H,17,18). The van der Waals surface area contributed by atoms with Gasteiger partial charge in [-0.05, 0) is 25.2 Å². The van der Waals surface area contributed by atoms with Crippen LogP contribution in [0.15, 0.2) is 18.2 Å². The van der Waals surface area contributed by atoms with Crippen molar-refractivity contribution in [2.75, 3.05) is 32.5 Å². The summed E-state index contributed by atoms with van der Waals surface area (Å²) in [7, 11) is 3.41. The first-order chi connectivity index (χ1) is 8.95. The number of anilines is 1. The number of hydrogen-bond donors (Lipinski definition) is 3. The Bertz CT molecular complexity index is 479. The number of amides is 2. The van der Waals surface area contributed by atoms with E-state index in [1.807, 2.05) is 0 Å². The lowest BCUT2D eigenvalue weighted by Crippen LogP contribution is -2.36. The lowest BCUT2D eigenvalue weighted by molar-refractivity contribution is 0.0698. The summed E-state index contributed by atoms with van der Waals surface area (Å²) in [6.07, 6.45) is 0. The highest BCUT2D eigenvalue weighted by Crippen LogP contribution is 2.21. The van der Waals surface area contributed by atoms with Gasteiger partial charge in [-0.15, -0.1) is 0 Å². The van der Waals surface area contributed by atoms with Crippen LogP contribution in [-0.4, -0.2) is 49.2 Å². The van der Waals surface area contributed by atoms with E-state index < -0.39 is 5.97 Å². The monoisotopic (exact) mass is 285 g/mol. The Hall–Kier alpha value is -1.79. The number of nitrogens with zero attached hydrogens (tertiary/aromatic N) is 1. The highest BCUT2D eigenvalue weighted by molar-refractivity contribution is 6.31. The van der Waals surface area contributed by atoms with Gasteiger partial charge in [-0.3, -0.25) is 0 Å². The van der Waals surface area contributed by atoms with Crippen molar-refractivity contribution in [2.24, 2.45) is 0 Å². The molecule has 2 amide bonds. The molecule has 0 aromatic heterocycles. The van der Waals surface area contributed by atoms with Crippen molar-refractivity contribution < 1.29 is 14.7 Å². The third-order valence-corrected chi connectivity index (χ3v) is 2.73. The Morgan fingerprint density at radius 3 is 2.68 bits per heavy atom. The van der Waals surface area contributed by atoms with Crippen LogP contribution in [0.5, 0.6) is 0 Å². The second kappa shape index (κ2) is 6.96. The molecule has 0 spiro atoms. The molecule has 0 aliphatic carbocycles. The van der Waals surface area contributed by atoms with E-state index in [4.69, 9.17) is 16.7 Å². The van der Waals surface area contributed by atoms with E-state index in [-0.39, 0.29) is 17.3 Å². The summed E-state index contributed by atoms with van der Waals surface area (Å²) in [5, 5.41) is 14.8. The summed E-state index contributed by atoms with van der Waals surface area (Å²) < 4.78 is 0. The predicted octanol–water partition coefficient (Wildman–Crippen LogP) is 1.72. The third kappa shape index (κ3) is 4.42. The predicted molar refractivity (Wildman–Crippen MR) is 74.0 cm³/mol. The number of carboxylic acid groups (broad SMARTS) is 1. The van der Waals surface area contributed by atoms with Crippen LogP contribution < -0.4 is 10.6 Å². The number of carbonyl (C=O) groups excluding carboxylic acids is 1. The Morgan fingerprint density at radius 2 is 2.11 bits per heavy atom. The van der Waals surface area contributed by atoms with E-state index in [1.165, 1.54) is 23.1 Å². The van der Waals surface area contributed by atoms with Gasteiger partial charge in [-0.1, -0.05) is 11.6 Å². The molecule has 0 heterocycles. The van der Waals surface area contributed by atoms with Gasteiger partial charge in [0.15, 0.2) is 0 Å². The topological polar surface area (TPSA) is 81.7 Å². The minimum Gasteiger partial charge on any atom is -0.478 e. The molecule has 0 atom stereocenters. The number of carbonyl (C=O) groups is 2. The fourth-order valence-electron chi connectivity index (χ4n) is 1.40. The molecule has 1 rings (SSSR count). The zero-order valence-corrected chi connectivity index (χ0v) is 11.5. The summed E-state index contributed by atoms with van der Waals surface area (Å²) in [5.74, 6) is -1.12. The maximum Gasteiger partial charge on any atom is 0.337 e. The second-order valence-electron chi connectivity index (χ2n) is 3.95. The van der Waals surface area contributed by atoms with Gasteiger partial charge in [0, 0.05) is 25.2 Å². The molecule has 19 heavy (non-hydrogen) atoms. The molecule has 0 unspecified atom stereocenters. The highest BCUT2D eigenvalue weighted by Gasteiger charge is 2.15. The van der Waals surface area contributed by atoms with E-state index in [0.717, 1.165) is 0 Å². The van der Waals surface area contributed by atoms with Gasteiger partial charge >= 0.3 is 12.0 Å². The maximum atomic E-state index is 11.9. The van der Waals surface area contributed by atoms with E-state index in [1.54, 1.807) is 14.1 Å². The summed E-state index contributed by atoms with van der Waals surface area (Å²) >= 11 is 5.80. The summed E-state index contributed by atoms with van der Waals surface area (Å²) in [6, 6.07) is 3.84. The molecule has 0 radical (unpaired) electrons. The fraction of sp³-hybridized carbons (Fsp3) is 0.333. The Morgan fingerprint density at radius 1 is 1.42 bits per heavy atom. The van der Waals surface area contributed by atoms with E-state index in [9.17, 15) is 9.59 Å². The van der Waals surface area contributed by atoms with Gasteiger partial charge in [-0.2, -0.15) is 0 Å². The van der Waals surface area contributed by atoms with Crippen LogP contribution in [0, 0.1) is 0 Å². The van der Waals surface area contributed by atoms with Crippen molar-refractivity contribution in [3.8, 4) is 0 Å². The first kappa shape index (κ1) is 15.3. The van der Waals surface area contributed by atoms with Crippen molar-refractivity contribution in [2.45, 2.75) is 0 Å². The maximum absolute atomic E-state index is 11.9. The molecule has 0 bridgehead atoms. The molecule has 104 valence electrons. The van der Waals surface area contributed by atoms with Crippen LogP contribution in [0.25, 0.3) is 0 Å². The zero-order chi connectivity index (χ0) is 14.4. The smallest absolute Gasteiger partial charge is 0.337 e. The number of hydrogen-bond acceptors (Lipinski definition) is 3. The fourth-order valence-corrected chi connectivity index (χ4v) is 1.57. The Balaban J connectivity index is 2.83. The molecule has 0 saturated heterocycles. The number of likely N-dealkylation sites (N-methyl/N-ethyl adjacent to an activating group) is 2. The Kier molecular flexibility index (Phi) is 5.59. The number of aromatic carboxylic acids is 1. The van der Waals surface area contributed by atoms with Crippen molar-refractivity contribution >= 4 is 29.3 Å². The first-order valence-corrected chi connectivity index (χ1v) is 6.03. The van der Waals surface area contributed by atoms with Gasteiger partial charge in [0.2, 0.25) is 0 Å². The molecular formula is C12H16ClN3O3. The molecule has 1 aromatic carbocycles. The summed E-state index contributed by atoms with van der Waals surface area (Å²) in [6.45, 7) is 1.15. The van der Waals surface area contributed by atoms with Crippen molar-refractivity contribution in [1.82, 2.24) is 10.2 Å². The van der Waals surface area contributed by atoms with Crippen molar-refractivity contribution in [3.05, 3.63) is 28.8 Å². The molecule has 0 aliphatic heterocycles. The van der Waals surface area contributed by atoms with E-state index in [2.05, 4.69) is 10.6 Å². The highest BCUT2D eigenvalue weighted by atomic mass is 35.5. The van der Waals surface area contributed by atoms with E-state index in [0.29, 0.717) is 18.1 Å². The van der Waals surface area contributed by atoms with Crippen LogP contribution in [-0.2, 0) is 0 Å². The van der Waals surface area contributed by atoms with Crippen molar-refractivity contribution in [1.29, 1.82) is 0 Å².